The Hall–Kier alpha value is -1.83. The molecule has 0 aromatic heterocycles. The average Bonchev–Trinajstić information content (AvgIpc) is 2.28. The van der Waals surface area contributed by atoms with Gasteiger partial charge in [0.1, 0.15) is 25.6 Å². The van der Waals surface area contributed by atoms with Crippen molar-refractivity contribution in [2.45, 2.75) is 13.8 Å². The lowest BCUT2D eigenvalue weighted by atomic mass is 10.00. The second-order valence-electron chi connectivity index (χ2n) is 4.51. The predicted molar refractivity (Wildman–Crippen MR) is 71.0 cm³/mol. The lowest BCUT2D eigenvalue weighted by molar-refractivity contribution is -0.462. The first-order chi connectivity index (χ1) is 8.06. The fourth-order valence-electron chi connectivity index (χ4n) is 1.91. The van der Waals surface area contributed by atoms with Crippen molar-refractivity contribution in [3.8, 4) is 0 Å². The second kappa shape index (κ2) is 4.58. The Morgan fingerprint density at radius 1 is 0.824 bits per heavy atom. The van der Waals surface area contributed by atoms with Crippen molar-refractivity contribution >= 4 is 5.71 Å². The number of hydrogen-bond acceptors (Lipinski definition) is 1. The molecule has 0 bridgehead atoms. The van der Waals surface area contributed by atoms with Gasteiger partial charge in [0, 0.05) is 12.2 Å². The van der Waals surface area contributed by atoms with Crippen LogP contribution in [0, 0.1) is 0 Å². The van der Waals surface area contributed by atoms with E-state index in [4.69, 9.17) is 4.74 Å². The SMILES string of the molecule is CC1=CC(=C2C=CC(=[N+](C)C)C=C2)C=C(C)O1. The highest BCUT2D eigenvalue weighted by Gasteiger charge is 2.10. The van der Waals surface area contributed by atoms with Crippen LogP contribution in [0.4, 0.5) is 0 Å². The molecule has 2 rings (SSSR count). The molecular formula is C15H18NO+. The summed E-state index contributed by atoms with van der Waals surface area (Å²) in [7, 11) is 4.09. The first-order valence-electron chi connectivity index (χ1n) is 5.75. The van der Waals surface area contributed by atoms with Crippen LogP contribution in [0.15, 0.2) is 59.1 Å². The Labute approximate surface area is 103 Å². The summed E-state index contributed by atoms with van der Waals surface area (Å²) < 4.78 is 7.59. The van der Waals surface area contributed by atoms with Gasteiger partial charge in [0.15, 0.2) is 5.71 Å². The van der Waals surface area contributed by atoms with Gasteiger partial charge in [-0.15, -0.1) is 0 Å². The summed E-state index contributed by atoms with van der Waals surface area (Å²) in [4.78, 5) is 0. The molecule has 0 atom stereocenters. The van der Waals surface area contributed by atoms with Gasteiger partial charge >= 0.3 is 0 Å². The van der Waals surface area contributed by atoms with E-state index >= 15 is 0 Å². The summed E-state index contributed by atoms with van der Waals surface area (Å²) in [6, 6.07) is 0. The molecule has 0 aromatic carbocycles. The van der Waals surface area contributed by atoms with Crippen molar-refractivity contribution < 1.29 is 9.31 Å². The minimum Gasteiger partial charge on any atom is -0.467 e. The third-order valence-corrected chi connectivity index (χ3v) is 2.76. The topological polar surface area (TPSA) is 12.2 Å². The zero-order valence-electron chi connectivity index (χ0n) is 10.8. The summed E-state index contributed by atoms with van der Waals surface area (Å²) in [6.07, 6.45) is 12.7. The van der Waals surface area contributed by atoms with Gasteiger partial charge in [-0.3, -0.25) is 0 Å². The van der Waals surface area contributed by atoms with Gasteiger partial charge in [-0.2, -0.15) is 0 Å². The molecule has 2 heteroatoms. The van der Waals surface area contributed by atoms with Gasteiger partial charge in [-0.1, -0.05) is 0 Å². The van der Waals surface area contributed by atoms with Crippen LogP contribution in [0.1, 0.15) is 13.8 Å². The molecular weight excluding hydrogens is 210 g/mol. The van der Waals surface area contributed by atoms with Crippen LogP contribution in [0.2, 0.25) is 0 Å². The summed E-state index contributed by atoms with van der Waals surface area (Å²) in [5.74, 6) is 1.88. The highest BCUT2D eigenvalue weighted by atomic mass is 16.5. The van der Waals surface area contributed by atoms with E-state index in [9.17, 15) is 0 Å². The Morgan fingerprint density at radius 3 is 1.82 bits per heavy atom. The van der Waals surface area contributed by atoms with Gasteiger partial charge in [-0.05, 0) is 49.3 Å². The van der Waals surface area contributed by atoms with Gasteiger partial charge in [0.05, 0.1) is 0 Å². The van der Waals surface area contributed by atoms with Crippen molar-refractivity contribution in [1.29, 1.82) is 0 Å². The number of nitrogens with zero attached hydrogens (tertiary/aromatic N) is 1. The molecule has 0 spiro atoms. The summed E-state index contributed by atoms with van der Waals surface area (Å²) >= 11 is 0. The van der Waals surface area contributed by atoms with Crippen LogP contribution in [0.25, 0.3) is 0 Å². The molecule has 0 amide bonds. The average molecular weight is 228 g/mol. The smallest absolute Gasteiger partial charge is 0.199 e. The predicted octanol–water partition coefficient (Wildman–Crippen LogP) is 2.96. The van der Waals surface area contributed by atoms with E-state index < -0.39 is 0 Å². The Bertz CT molecular complexity index is 483. The minimum atomic E-state index is 0.941. The third kappa shape index (κ3) is 2.64. The molecule has 88 valence electrons. The Morgan fingerprint density at radius 2 is 1.35 bits per heavy atom. The molecule has 0 saturated heterocycles. The van der Waals surface area contributed by atoms with Crippen molar-refractivity contribution in [3.05, 3.63) is 59.1 Å². The molecule has 17 heavy (non-hydrogen) atoms. The normalized spacial score (nSPS) is 18.9. The zero-order valence-corrected chi connectivity index (χ0v) is 10.8. The van der Waals surface area contributed by atoms with Crippen LogP contribution < -0.4 is 0 Å². The maximum atomic E-state index is 5.49. The van der Waals surface area contributed by atoms with Crippen molar-refractivity contribution in [2.24, 2.45) is 0 Å². The van der Waals surface area contributed by atoms with E-state index in [0.717, 1.165) is 11.5 Å². The van der Waals surface area contributed by atoms with E-state index in [1.807, 2.05) is 27.9 Å². The van der Waals surface area contributed by atoms with Crippen molar-refractivity contribution in [3.63, 3.8) is 0 Å². The molecule has 1 heterocycles. The maximum absolute atomic E-state index is 5.49. The molecule has 1 aliphatic heterocycles. The zero-order chi connectivity index (χ0) is 12.4. The number of ether oxygens (including phenoxy) is 1. The fraction of sp³-hybridized carbons (Fsp3) is 0.267. The highest BCUT2D eigenvalue weighted by molar-refractivity contribution is 6.02. The molecule has 2 nitrogen and oxygen atoms in total. The molecule has 0 saturated carbocycles. The van der Waals surface area contributed by atoms with E-state index in [1.54, 1.807) is 0 Å². The van der Waals surface area contributed by atoms with E-state index in [1.165, 1.54) is 16.9 Å². The molecule has 1 aliphatic carbocycles. The third-order valence-electron chi connectivity index (χ3n) is 2.76. The van der Waals surface area contributed by atoms with Crippen LogP contribution >= 0.6 is 0 Å². The van der Waals surface area contributed by atoms with Crippen molar-refractivity contribution in [1.82, 2.24) is 0 Å². The van der Waals surface area contributed by atoms with Crippen molar-refractivity contribution in [2.75, 3.05) is 14.1 Å². The van der Waals surface area contributed by atoms with Gasteiger partial charge in [0.25, 0.3) is 0 Å². The van der Waals surface area contributed by atoms with Gasteiger partial charge in [-0.25, -0.2) is 4.58 Å². The molecule has 0 fully saturated rings. The van der Waals surface area contributed by atoms with Gasteiger partial charge < -0.3 is 4.74 Å². The maximum Gasteiger partial charge on any atom is 0.199 e. The van der Waals surface area contributed by atoms with E-state index in [0.29, 0.717) is 0 Å². The molecule has 0 unspecified atom stereocenters. The summed E-state index contributed by atoms with van der Waals surface area (Å²) in [5.41, 5.74) is 3.64. The van der Waals surface area contributed by atoms with Crippen LogP contribution in [0.5, 0.6) is 0 Å². The molecule has 2 aliphatic rings. The number of allylic oxidation sites excluding steroid dienone is 10. The monoisotopic (exact) mass is 228 g/mol. The molecule has 0 radical (unpaired) electrons. The first-order valence-corrected chi connectivity index (χ1v) is 5.75. The lowest BCUT2D eigenvalue weighted by Gasteiger charge is -2.14. The van der Waals surface area contributed by atoms with E-state index in [-0.39, 0.29) is 0 Å². The first kappa shape index (κ1) is 11.6. The van der Waals surface area contributed by atoms with E-state index in [2.05, 4.69) is 41.0 Å². The van der Waals surface area contributed by atoms with Crippen LogP contribution in [0.3, 0.4) is 0 Å². The highest BCUT2D eigenvalue weighted by Crippen LogP contribution is 2.23. The Balaban J connectivity index is 2.38. The minimum absolute atomic E-state index is 0.941. The van der Waals surface area contributed by atoms with Gasteiger partial charge in [0.2, 0.25) is 0 Å². The fourth-order valence-corrected chi connectivity index (χ4v) is 1.91. The van der Waals surface area contributed by atoms with Crippen LogP contribution in [-0.4, -0.2) is 24.4 Å². The lowest BCUT2D eigenvalue weighted by Crippen LogP contribution is -2.10. The number of rotatable bonds is 0. The quantitative estimate of drug-likeness (QED) is 0.581. The second-order valence-corrected chi connectivity index (χ2v) is 4.51. The Kier molecular flexibility index (Phi) is 3.14. The largest absolute Gasteiger partial charge is 0.467 e. The van der Waals surface area contributed by atoms with Crippen LogP contribution in [-0.2, 0) is 4.74 Å². The standard InChI is InChI=1S/C15H18NO/c1-11-9-14(10-12(2)17-11)13-5-7-15(8-6-13)16(3)4/h5-10H,1-4H3/q+1. The summed E-state index contributed by atoms with van der Waals surface area (Å²) in [6.45, 7) is 3.95. The summed E-state index contributed by atoms with van der Waals surface area (Å²) in [5, 5.41) is 0. The number of hydrogen-bond donors (Lipinski definition) is 0. The molecule has 0 aromatic rings. The molecule has 0 N–H and O–H groups in total.